The normalized spacial score (nSPS) is 16.2. The van der Waals surface area contributed by atoms with Crippen molar-refractivity contribution in [3.63, 3.8) is 0 Å². The lowest BCUT2D eigenvalue weighted by molar-refractivity contribution is 0.660. The lowest BCUT2D eigenvalue weighted by Crippen LogP contribution is -2.30. The van der Waals surface area contributed by atoms with Gasteiger partial charge in [-0.05, 0) is 76.7 Å². The van der Waals surface area contributed by atoms with E-state index >= 15 is 0 Å². The monoisotopic (exact) mass is 619 g/mol. The second kappa shape index (κ2) is 10.1. The second-order valence-electron chi connectivity index (χ2n) is 13.6. The van der Waals surface area contributed by atoms with E-state index in [1.807, 2.05) is 18.2 Å². The number of hydrogen-bond donors (Lipinski definition) is 0. The topological polar surface area (TPSA) is 29.5 Å². The molecule has 0 bridgehead atoms. The summed E-state index contributed by atoms with van der Waals surface area (Å²) in [6.07, 6.45) is 9.77. The molecule has 2 aliphatic rings. The van der Waals surface area contributed by atoms with E-state index in [2.05, 4.69) is 146 Å². The van der Waals surface area contributed by atoms with Gasteiger partial charge in [-0.2, -0.15) is 0 Å². The molecular weight excluding hydrogens is 587 g/mol. The fourth-order valence-electron chi connectivity index (χ4n) is 8.31. The molecule has 3 nitrogen and oxygen atoms in total. The molecule has 8 aromatic rings. The molecule has 0 saturated heterocycles. The van der Waals surface area contributed by atoms with Gasteiger partial charge >= 0.3 is 0 Å². The number of benzene rings is 6. The number of allylic oxidation sites excluding steroid dienone is 2. The Balaban J connectivity index is 1.30. The molecule has 3 heteroatoms. The minimum atomic E-state index is -0.102. The highest BCUT2D eigenvalue weighted by atomic mass is 16.3. The molecule has 1 unspecified atom stereocenters. The first-order valence-electron chi connectivity index (χ1n) is 16.8. The molecule has 0 spiro atoms. The van der Waals surface area contributed by atoms with E-state index in [0.717, 1.165) is 67.2 Å². The van der Waals surface area contributed by atoms with Gasteiger partial charge < -0.3 is 13.7 Å². The van der Waals surface area contributed by atoms with Crippen LogP contribution >= 0.6 is 0 Å². The standard InChI is InChI=1S/C45H33NO2/c1-45(2)36-19-11-9-17-32(36)33-22-21-28(27-37(33)45)31-23-24-35-42-40(26-25-39-41(42)34-18-10-12-20-38(34)47-39)48-44(35)43(31)46(29-13-5-3-6-14-29)30-15-7-4-8-16-30/h3-15,17-27,30H,16H2,1-2H3. The average Bonchev–Trinajstić information content (AvgIpc) is 3.77. The van der Waals surface area contributed by atoms with Gasteiger partial charge in [0.25, 0.3) is 0 Å². The van der Waals surface area contributed by atoms with E-state index in [-0.39, 0.29) is 11.5 Å². The van der Waals surface area contributed by atoms with Crippen molar-refractivity contribution in [1.82, 2.24) is 0 Å². The van der Waals surface area contributed by atoms with Crippen molar-refractivity contribution in [1.29, 1.82) is 0 Å². The maximum atomic E-state index is 7.02. The van der Waals surface area contributed by atoms with Crippen LogP contribution in [0.15, 0.2) is 154 Å². The van der Waals surface area contributed by atoms with Gasteiger partial charge in [0.05, 0.1) is 11.7 Å². The molecule has 2 aliphatic carbocycles. The third-order valence-electron chi connectivity index (χ3n) is 10.6. The van der Waals surface area contributed by atoms with Crippen LogP contribution in [0, 0.1) is 0 Å². The predicted molar refractivity (Wildman–Crippen MR) is 199 cm³/mol. The van der Waals surface area contributed by atoms with Crippen molar-refractivity contribution in [2.45, 2.75) is 31.7 Å². The molecule has 2 aromatic heterocycles. The fourth-order valence-corrected chi connectivity index (χ4v) is 8.31. The Kier molecular flexibility index (Phi) is 5.75. The number of furan rings is 2. The summed E-state index contributed by atoms with van der Waals surface area (Å²) in [5, 5.41) is 4.39. The third kappa shape index (κ3) is 3.82. The van der Waals surface area contributed by atoms with E-state index in [0.29, 0.717) is 0 Å². The summed E-state index contributed by atoms with van der Waals surface area (Å²) in [6.45, 7) is 4.70. The van der Waals surface area contributed by atoms with Crippen molar-refractivity contribution in [2.24, 2.45) is 0 Å². The van der Waals surface area contributed by atoms with Crippen molar-refractivity contribution < 1.29 is 8.83 Å². The van der Waals surface area contributed by atoms with Crippen LogP contribution in [0.1, 0.15) is 31.4 Å². The zero-order chi connectivity index (χ0) is 32.0. The predicted octanol–water partition coefficient (Wildman–Crippen LogP) is 12.5. The molecule has 0 radical (unpaired) electrons. The van der Waals surface area contributed by atoms with Crippen LogP contribution in [0.3, 0.4) is 0 Å². The molecule has 1 atom stereocenters. The average molecular weight is 620 g/mol. The Bertz CT molecular complexity index is 2630. The van der Waals surface area contributed by atoms with Gasteiger partial charge in [0.15, 0.2) is 5.58 Å². The largest absolute Gasteiger partial charge is 0.456 e. The summed E-state index contributed by atoms with van der Waals surface area (Å²) >= 11 is 0. The SMILES string of the molecule is CC1(C)c2ccccc2-c2ccc(-c3ccc4c(oc5ccc6oc7ccccc7c6c54)c3N(c3ccccc3)C3C=CC=CC3)cc21. The summed E-state index contributed by atoms with van der Waals surface area (Å²) < 4.78 is 13.4. The van der Waals surface area contributed by atoms with Crippen LogP contribution in [0.25, 0.3) is 66.1 Å². The summed E-state index contributed by atoms with van der Waals surface area (Å²) in [7, 11) is 0. The maximum absolute atomic E-state index is 7.02. The Morgan fingerprint density at radius 2 is 1.33 bits per heavy atom. The maximum Gasteiger partial charge on any atom is 0.159 e. The molecule has 0 fully saturated rings. The van der Waals surface area contributed by atoms with Crippen molar-refractivity contribution in [3.05, 3.63) is 157 Å². The number of nitrogens with zero attached hydrogens (tertiary/aromatic N) is 1. The zero-order valence-electron chi connectivity index (χ0n) is 26.9. The Morgan fingerprint density at radius 3 is 2.19 bits per heavy atom. The number of hydrogen-bond acceptors (Lipinski definition) is 3. The summed E-state index contributed by atoms with van der Waals surface area (Å²) in [4.78, 5) is 2.48. The highest BCUT2D eigenvalue weighted by Gasteiger charge is 2.36. The molecule has 0 saturated carbocycles. The summed E-state index contributed by atoms with van der Waals surface area (Å²) in [5.74, 6) is 0. The zero-order valence-corrected chi connectivity index (χ0v) is 26.9. The van der Waals surface area contributed by atoms with E-state index < -0.39 is 0 Å². The second-order valence-corrected chi connectivity index (χ2v) is 13.6. The van der Waals surface area contributed by atoms with Crippen LogP contribution in [0.5, 0.6) is 0 Å². The number of anilines is 2. The lowest BCUT2D eigenvalue weighted by Gasteiger charge is -2.34. The Labute approximate surface area is 279 Å². The van der Waals surface area contributed by atoms with Gasteiger partial charge in [0, 0.05) is 38.2 Å². The molecule has 6 aromatic carbocycles. The van der Waals surface area contributed by atoms with Gasteiger partial charge in [-0.1, -0.05) is 117 Å². The highest BCUT2D eigenvalue weighted by molar-refractivity contribution is 6.27. The minimum absolute atomic E-state index is 0.102. The lowest BCUT2D eigenvalue weighted by atomic mass is 9.81. The number of rotatable bonds is 4. The molecule has 0 N–H and O–H groups in total. The van der Waals surface area contributed by atoms with Gasteiger partial charge in [0.2, 0.25) is 0 Å². The molecule has 10 rings (SSSR count). The van der Waals surface area contributed by atoms with E-state index in [1.165, 1.54) is 27.8 Å². The third-order valence-corrected chi connectivity index (χ3v) is 10.6. The first-order valence-corrected chi connectivity index (χ1v) is 16.8. The Hall–Kier alpha value is -5.80. The number of fused-ring (bicyclic) bond motifs is 10. The summed E-state index contributed by atoms with van der Waals surface area (Å²) in [6, 6.07) is 43.7. The van der Waals surface area contributed by atoms with E-state index in [4.69, 9.17) is 8.83 Å². The van der Waals surface area contributed by atoms with Crippen LogP contribution in [-0.4, -0.2) is 6.04 Å². The van der Waals surface area contributed by atoms with Gasteiger partial charge in [0.1, 0.15) is 16.7 Å². The smallest absolute Gasteiger partial charge is 0.159 e. The van der Waals surface area contributed by atoms with Crippen LogP contribution < -0.4 is 4.90 Å². The van der Waals surface area contributed by atoms with Crippen LogP contribution in [-0.2, 0) is 5.41 Å². The minimum Gasteiger partial charge on any atom is -0.456 e. The van der Waals surface area contributed by atoms with Crippen molar-refractivity contribution >= 4 is 55.3 Å². The molecule has 0 amide bonds. The number of para-hydroxylation sites is 2. The first-order chi connectivity index (χ1) is 23.6. The molecular formula is C45H33NO2. The summed E-state index contributed by atoms with van der Waals surface area (Å²) in [5.41, 5.74) is 13.3. The molecule has 2 heterocycles. The molecule has 48 heavy (non-hydrogen) atoms. The molecule has 230 valence electrons. The first kappa shape index (κ1) is 27.3. The van der Waals surface area contributed by atoms with Crippen molar-refractivity contribution in [3.8, 4) is 22.3 Å². The quantitative estimate of drug-likeness (QED) is 0.196. The highest BCUT2D eigenvalue weighted by Crippen LogP contribution is 2.52. The van der Waals surface area contributed by atoms with E-state index in [9.17, 15) is 0 Å². The van der Waals surface area contributed by atoms with Gasteiger partial charge in [-0.15, -0.1) is 0 Å². The van der Waals surface area contributed by atoms with Crippen LogP contribution in [0.2, 0.25) is 0 Å². The fraction of sp³-hybridized carbons (Fsp3) is 0.111. The van der Waals surface area contributed by atoms with Gasteiger partial charge in [-0.25, -0.2) is 0 Å². The molecule has 0 aliphatic heterocycles. The Morgan fingerprint density at radius 1 is 0.604 bits per heavy atom. The van der Waals surface area contributed by atoms with Crippen molar-refractivity contribution in [2.75, 3.05) is 4.90 Å². The van der Waals surface area contributed by atoms with E-state index in [1.54, 1.807) is 0 Å². The van der Waals surface area contributed by atoms with Gasteiger partial charge in [-0.3, -0.25) is 0 Å². The van der Waals surface area contributed by atoms with Crippen LogP contribution in [0.4, 0.5) is 11.4 Å².